The van der Waals surface area contributed by atoms with Gasteiger partial charge in [0.05, 0.1) is 19.1 Å². The molecule has 1 aliphatic carbocycles. The van der Waals surface area contributed by atoms with E-state index in [-0.39, 0.29) is 24.3 Å². The van der Waals surface area contributed by atoms with Crippen LogP contribution in [0.3, 0.4) is 0 Å². The topological polar surface area (TPSA) is 64.6 Å². The highest BCUT2D eigenvalue weighted by Crippen LogP contribution is 2.50. The zero-order valence-electron chi connectivity index (χ0n) is 12.9. The van der Waals surface area contributed by atoms with Gasteiger partial charge in [0.25, 0.3) is 0 Å². The molecule has 4 rings (SSSR count). The molecule has 1 unspecified atom stereocenters. The van der Waals surface area contributed by atoms with Crippen LogP contribution in [0.25, 0.3) is 0 Å². The number of hydrogen-bond donors (Lipinski definition) is 1. The zero-order valence-corrected chi connectivity index (χ0v) is 12.9. The highest BCUT2D eigenvalue weighted by atomic mass is 19.1. The average Bonchev–Trinajstić information content (AvgIpc) is 2.97. The molecule has 0 bridgehead atoms. The summed E-state index contributed by atoms with van der Waals surface area (Å²) in [4.78, 5) is 23.1. The van der Waals surface area contributed by atoms with Crippen LogP contribution < -0.4 is 5.32 Å². The van der Waals surface area contributed by atoms with Gasteiger partial charge in [-0.25, -0.2) is 8.78 Å². The maximum atomic E-state index is 14.5. The van der Waals surface area contributed by atoms with Crippen molar-refractivity contribution in [2.75, 3.05) is 13.2 Å². The molecule has 2 heterocycles. The fourth-order valence-electron chi connectivity index (χ4n) is 3.80. The SMILES string of the molecule is O=C1CCC(c2c(F)cc(C3CC4(C3)OCCO4)cc2F)C(=O)N1. The van der Waals surface area contributed by atoms with Crippen LogP contribution in [0.5, 0.6) is 0 Å². The first-order valence-electron chi connectivity index (χ1n) is 8.08. The van der Waals surface area contributed by atoms with Crippen LogP contribution in [-0.2, 0) is 19.1 Å². The third-order valence-corrected chi connectivity index (χ3v) is 5.09. The minimum Gasteiger partial charge on any atom is -0.347 e. The third-order valence-electron chi connectivity index (χ3n) is 5.09. The highest BCUT2D eigenvalue weighted by Gasteiger charge is 2.50. The summed E-state index contributed by atoms with van der Waals surface area (Å²) in [6.45, 7) is 1.09. The summed E-state index contributed by atoms with van der Waals surface area (Å²) in [5.74, 6) is -4.12. The lowest BCUT2D eigenvalue weighted by Gasteiger charge is -2.43. The van der Waals surface area contributed by atoms with Crippen LogP contribution in [0.4, 0.5) is 8.78 Å². The van der Waals surface area contributed by atoms with E-state index >= 15 is 0 Å². The molecular weight excluding hydrogens is 320 g/mol. The number of carbonyl (C=O) groups excluding carboxylic acids is 2. The van der Waals surface area contributed by atoms with Crippen LogP contribution in [-0.4, -0.2) is 30.8 Å². The molecule has 0 radical (unpaired) electrons. The summed E-state index contributed by atoms with van der Waals surface area (Å²) >= 11 is 0. The van der Waals surface area contributed by atoms with Gasteiger partial charge in [0.2, 0.25) is 11.8 Å². The predicted molar refractivity (Wildman–Crippen MR) is 78.1 cm³/mol. The molecule has 1 atom stereocenters. The molecule has 128 valence electrons. The molecule has 24 heavy (non-hydrogen) atoms. The Labute approximate surface area is 137 Å². The maximum Gasteiger partial charge on any atom is 0.234 e. The van der Waals surface area contributed by atoms with E-state index < -0.39 is 35.2 Å². The molecule has 1 N–H and O–H groups in total. The molecule has 5 nitrogen and oxygen atoms in total. The Morgan fingerprint density at radius 3 is 2.29 bits per heavy atom. The lowest BCUT2D eigenvalue weighted by Crippen LogP contribution is -2.43. The normalized spacial score (nSPS) is 26.5. The smallest absolute Gasteiger partial charge is 0.234 e. The average molecular weight is 337 g/mol. The number of benzene rings is 1. The summed E-state index contributed by atoms with van der Waals surface area (Å²) in [6.07, 6.45) is 1.34. The number of amides is 2. The van der Waals surface area contributed by atoms with Gasteiger partial charge < -0.3 is 9.47 Å². The summed E-state index contributed by atoms with van der Waals surface area (Å²) in [5, 5.41) is 2.13. The van der Waals surface area contributed by atoms with Gasteiger partial charge in [0, 0.05) is 24.8 Å². The molecule has 1 spiro atoms. The Hall–Kier alpha value is -1.86. The molecule has 1 aromatic carbocycles. The fourth-order valence-corrected chi connectivity index (χ4v) is 3.80. The van der Waals surface area contributed by atoms with Crippen LogP contribution >= 0.6 is 0 Å². The summed E-state index contributed by atoms with van der Waals surface area (Å²) in [5.41, 5.74) is 0.289. The quantitative estimate of drug-likeness (QED) is 0.840. The van der Waals surface area contributed by atoms with E-state index in [1.807, 2.05) is 0 Å². The van der Waals surface area contributed by atoms with E-state index in [9.17, 15) is 18.4 Å². The van der Waals surface area contributed by atoms with Gasteiger partial charge >= 0.3 is 0 Å². The van der Waals surface area contributed by atoms with Crippen molar-refractivity contribution < 1.29 is 27.8 Å². The summed E-state index contributed by atoms with van der Waals surface area (Å²) < 4.78 is 40.1. The van der Waals surface area contributed by atoms with E-state index in [4.69, 9.17) is 9.47 Å². The van der Waals surface area contributed by atoms with Crippen LogP contribution in [0.2, 0.25) is 0 Å². The lowest BCUT2D eigenvalue weighted by molar-refractivity contribution is -0.215. The third kappa shape index (κ3) is 2.52. The second-order valence-electron chi connectivity index (χ2n) is 6.61. The fraction of sp³-hybridized carbons (Fsp3) is 0.529. The summed E-state index contributed by atoms with van der Waals surface area (Å²) in [7, 11) is 0. The standard InChI is InChI=1S/C17H17F2NO4/c18-12-5-9(10-7-17(8-10)23-3-4-24-17)6-13(19)15(12)11-1-2-14(21)20-16(11)22/h5-6,10-11H,1-4,7-8H2,(H,20,21,22). The van der Waals surface area contributed by atoms with E-state index in [2.05, 4.69) is 5.32 Å². The molecule has 1 saturated carbocycles. The Balaban J connectivity index is 1.56. The van der Waals surface area contributed by atoms with Crippen LogP contribution in [0.1, 0.15) is 48.6 Å². The number of rotatable bonds is 2. The minimum absolute atomic E-state index is 0.0251. The number of imide groups is 1. The van der Waals surface area contributed by atoms with Crippen molar-refractivity contribution in [3.63, 3.8) is 0 Å². The molecule has 2 saturated heterocycles. The highest BCUT2D eigenvalue weighted by molar-refractivity contribution is 6.00. The van der Waals surface area contributed by atoms with Crippen molar-refractivity contribution in [2.24, 2.45) is 0 Å². The van der Waals surface area contributed by atoms with Gasteiger partial charge in [-0.3, -0.25) is 14.9 Å². The Morgan fingerprint density at radius 1 is 1.08 bits per heavy atom. The van der Waals surface area contributed by atoms with Gasteiger partial charge in [-0.15, -0.1) is 0 Å². The monoisotopic (exact) mass is 337 g/mol. The number of halogens is 2. The Bertz CT molecular complexity index is 684. The Morgan fingerprint density at radius 2 is 1.71 bits per heavy atom. The molecule has 3 fully saturated rings. The molecule has 0 aromatic heterocycles. The van der Waals surface area contributed by atoms with E-state index in [0.29, 0.717) is 31.6 Å². The first kappa shape index (κ1) is 15.7. The number of hydrogen-bond acceptors (Lipinski definition) is 4. The van der Waals surface area contributed by atoms with Gasteiger partial charge in [-0.05, 0) is 30.0 Å². The van der Waals surface area contributed by atoms with Gasteiger partial charge in [0.15, 0.2) is 5.79 Å². The number of piperidine rings is 1. The number of nitrogens with one attached hydrogen (secondary N) is 1. The van der Waals surface area contributed by atoms with Crippen LogP contribution in [0, 0.1) is 11.6 Å². The Kier molecular flexibility index (Phi) is 3.65. The first-order valence-corrected chi connectivity index (χ1v) is 8.08. The van der Waals surface area contributed by atoms with Gasteiger partial charge in [-0.2, -0.15) is 0 Å². The molecule has 2 amide bonds. The number of carbonyl (C=O) groups is 2. The van der Waals surface area contributed by atoms with Gasteiger partial charge in [-0.1, -0.05) is 0 Å². The van der Waals surface area contributed by atoms with Crippen molar-refractivity contribution in [1.82, 2.24) is 5.32 Å². The van der Waals surface area contributed by atoms with Crippen molar-refractivity contribution >= 4 is 11.8 Å². The van der Waals surface area contributed by atoms with E-state index in [0.717, 1.165) is 0 Å². The van der Waals surface area contributed by atoms with Crippen molar-refractivity contribution in [3.8, 4) is 0 Å². The molecule has 1 aromatic rings. The second kappa shape index (κ2) is 5.60. The minimum atomic E-state index is -0.967. The largest absolute Gasteiger partial charge is 0.347 e. The van der Waals surface area contributed by atoms with Crippen molar-refractivity contribution in [2.45, 2.75) is 43.3 Å². The summed E-state index contributed by atoms with van der Waals surface area (Å²) in [6, 6.07) is 2.57. The maximum absolute atomic E-state index is 14.5. The molecule has 7 heteroatoms. The molecule has 3 aliphatic rings. The van der Waals surface area contributed by atoms with Gasteiger partial charge in [0.1, 0.15) is 11.6 Å². The van der Waals surface area contributed by atoms with E-state index in [1.165, 1.54) is 12.1 Å². The lowest BCUT2D eigenvalue weighted by atomic mass is 9.74. The number of ether oxygens (including phenoxy) is 2. The van der Waals surface area contributed by atoms with Crippen molar-refractivity contribution in [1.29, 1.82) is 0 Å². The zero-order chi connectivity index (χ0) is 16.9. The second-order valence-corrected chi connectivity index (χ2v) is 6.61. The van der Waals surface area contributed by atoms with Crippen molar-refractivity contribution in [3.05, 3.63) is 34.9 Å². The first-order chi connectivity index (χ1) is 11.5. The van der Waals surface area contributed by atoms with E-state index in [1.54, 1.807) is 0 Å². The van der Waals surface area contributed by atoms with Crippen LogP contribution in [0.15, 0.2) is 12.1 Å². The predicted octanol–water partition coefficient (Wildman–Crippen LogP) is 2.11. The molecule has 2 aliphatic heterocycles. The molecular formula is C17H17F2NO4.